The van der Waals surface area contributed by atoms with Crippen LogP contribution in [-0.2, 0) is 21.4 Å². The number of hydrogen-bond donors (Lipinski definition) is 1. The second kappa shape index (κ2) is 8.96. The molecule has 3 aromatic carbocycles. The van der Waals surface area contributed by atoms with E-state index in [4.69, 9.17) is 9.47 Å². The summed E-state index contributed by atoms with van der Waals surface area (Å²) in [6, 6.07) is 32.6. The molecule has 0 bridgehead atoms. The Labute approximate surface area is 185 Å². The van der Waals surface area contributed by atoms with Crippen LogP contribution in [0, 0.1) is 5.92 Å². The number of benzene rings is 3. The van der Waals surface area contributed by atoms with Crippen molar-refractivity contribution in [1.29, 1.82) is 0 Å². The van der Waals surface area contributed by atoms with Crippen LogP contribution in [0.5, 0.6) is 0 Å². The molecule has 3 heteroatoms. The van der Waals surface area contributed by atoms with Gasteiger partial charge in [0.25, 0.3) is 0 Å². The largest absolute Gasteiger partial charge is 0.347 e. The van der Waals surface area contributed by atoms with Gasteiger partial charge < -0.3 is 14.8 Å². The highest BCUT2D eigenvalue weighted by molar-refractivity contribution is 5.42. The van der Waals surface area contributed by atoms with Crippen molar-refractivity contribution in [3.63, 3.8) is 0 Å². The van der Waals surface area contributed by atoms with E-state index in [-0.39, 0.29) is 11.3 Å². The van der Waals surface area contributed by atoms with Gasteiger partial charge in [0.2, 0.25) is 0 Å². The molecule has 31 heavy (non-hydrogen) atoms. The molecule has 2 aliphatic rings. The highest BCUT2D eigenvalue weighted by atomic mass is 16.7. The molecule has 0 radical (unpaired) electrons. The molecule has 3 aromatic rings. The second-order valence-corrected chi connectivity index (χ2v) is 8.73. The maximum absolute atomic E-state index is 6.43. The summed E-state index contributed by atoms with van der Waals surface area (Å²) < 4.78 is 12.9. The van der Waals surface area contributed by atoms with Gasteiger partial charge in [-0.25, -0.2) is 0 Å². The summed E-state index contributed by atoms with van der Waals surface area (Å²) in [4.78, 5) is 0. The van der Waals surface area contributed by atoms with Crippen molar-refractivity contribution in [2.45, 2.75) is 37.0 Å². The van der Waals surface area contributed by atoms with Crippen molar-refractivity contribution in [3.8, 4) is 0 Å². The van der Waals surface area contributed by atoms with Gasteiger partial charge in [-0.1, -0.05) is 91.0 Å². The molecule has 5 rings (SSSR count). The number of nitrogens with one attached hydrogen (secondary N) is 1. The third kappa shape index (κ3) is 3.82. The maximum atomic E-state index is 6.43. The van der Waals surface area contributed by atoms with Crippen molar-refractivity contribution in [3.05, 3.63) is 108 Å². The van der Waals surface area contributed by atoms with Gasteiger partial charge in [-0.2, -0.15) is 0 Å². The molecule has 160 valence electrons. The molecule has 1 spiro atoms. The van der Waals surface area contributed by atoms with E-state index < -0.39 is 5.79 Å². The lowest BCUT2D eigenvalue weighted by Crippen LogP contribution is -2.58. The second-order valence-electron chi connectivity index (χ2n) is 8.73. The van der Waals surface area contributed by atoms with Gasteiger partial charge in [0.15, 0.2) is 5.79 Å². The van der Waals surface area contributed by atoms with Crippen molar-refractivity contribution in [2.75, 3.05) is 19.8 Å². The maximum Gasteiger partial charge on any atom is 0.173 e. The van der Waals surface area contributed by atoms with E-state index >= 15 is 0 Å². The molecule has 0 unspecified atom stereocenters. The lowest BCUT2D eigenvalue weighted by atomic mass is 9.57. The first-order valence-electron chi connectivity index (χ1n) is 11.5. The van der Waals surface area contributed by atoms with Gasteiger partial charge in [-0.3, -0.25) is 0 Å². The van der Waals surface area contributed by atoms with Crippen LogP contribution in [0.1, 0.15) is 36.0 Å². The predicted molar refractivity (Wildman–Crippen MR) is 124 cm³/mol. The van der Waals surface area contributed by atoms with E-state index in [0.717, 1.165) is 32.4 Å². The lowest BCUT2D eigenvalue weighted by Gasteiger charge is -2.53. The van der Waals surface area contributed by atoms with Crippen LogP contribution in [0.4, 0.5) is 0 Å². The van der Waals surface area contributed by atoms with Crippen molar-refractivity contribution in [1.82, 2.24) is 5.32 Å². The molecule has 1 saturated heterocycles. The molecule has 1 N–H and O–H groups in total. The van der Waals surface area contributed by atoms with E-state index in [1.165, 1.54) is 16.7 Å². The van der Waals surface area contributed by atoms with Gasteiger partial charge in [0, 0.05) is 30.8 Å². The Morgan fingerprint density at radius 3 is 1.84 bits per heavy atom. The molecule has 1 aliphatic carbocycles. The van der Waals surface area contributed by atoms with Crippen molar-refractivity contribution in [2.24, 2.45) is 5.92 Å². The summed E-state index contributed by atoms with van der Waals surface area (Å²) >= 11 is 0. The van der Waals surface area contributed by atoms with Crippen molar-refractivity contribution < 1.29 is 9.47 Å². The highest BCUT2D eigenvalue weighted by Gasteiger charge is 2.58. The zero-order valence-electron chi connectivity index (χ0n) is 18.0. The summed E-state index contributed by atoms with van der Waals surface area (Å²) in [5.74, 6) is -0.363. The standard InChI is InChI=1S/C28H31NO2/c1-4-11-23(12-5-1)21-29-22-26-27(24-13-6-2-7-14-24,25-15-8-3-9-16-25)17-10-18-28(26)30-19-20-31-28/h1-9,11-16,26,29H,10,17-22H2/t26-/m1/s1. The first-order valence-corrected chi connectivity index (χ1v) is 11.5. The predicted octanol–water partition coefficient (Wildman–Crippen LogP) is 5.31. The normalized spacial score (nSPS) is 21.9. The zero-order chi connectivity index (χ0) is 21.0. The zero-order valence-corrected chi connectivity index (χ0v) is 18.0. The smallest absolute Gasteiger partial charge is 0.173 e. The van der Waals surface area contributed by atoms with Crippen LogP contribution in [0.3, 0.4) is 0 Å². The third-order valence-corrected chi connectivity index (χ3v) is 7.10. The minimum Gasteiger partial charge on any atom is -0.347 e. The molecule has 0 aromatic heterocycles. The summed E-state index contributed by atoms with van der Waals surface area (Å²) in [5, 5.41) is 3.76. The van der Waals surface area contributed by atoms with Gasteiger partial charge >= 0.3 is 0 Å². The first kappa shape index (κ1) is 20.4. The Morgan fingerprint density at radius 1 is 0.710 bits per heavy atom. The Kier molecular flexibility index (Phi) is 5.91. The number of hydrogen-bond acceptors (Lipinski definition) is 3. The van der Waals surface area contributed by atoms with Crippen molar-refractivity contribution >= 4 is 0 Å². The van der Waals surface area contributed by atoms with E-state index in [0.29, 0.717) is 13.2 Å². The molecular weight excluding hydrogens is 382 g/mol. The Hall–Kier alpha value is -2.46. The van der Waals surface area contributed by atoms with Crippen LogP contribution in [-0.4, -0.2) is 25.5 Å². The molecule has 2 fully saturated rings. The Bertz CT molecular complexity index is 913. The van der Waals surface area contributed by atoms with E-state index in [2.05, 4.69) is 96.3 Å². The van der Waals surface area contributed by atoms with Gasteiger partial charge in [0.1, 0.15) is 0 Å². The van der Waals surface area contributed by atoms with Gasteiger partial charge in [0.05, 0.1) is 13.2 Å². The SMILES string of the molecule is c1ccc(CNC[C@H]2C3(CCCC2(c2ccccc2)c2ccccc2)OCCO3)cc1. The number of rotatable bonds is 6. The Balaban J connectivity index is 1.56. The third-order valence-electron chi connectivity index (χ3n) is 7.10. The average Bonchev–Trinajstić information content (AvgIpc) is 3.31. The molecule has 0 amide bonds. The quantitative estimate of drug-likeness (QED) is 0.594. The fourth-order valence-electron chi connectivity index (χ4n) is 5.77. The Morgan fingerprint density at radius 2 is 1.26 bits per heavy atom. The molecule has 1 heterocycles. The average molecular weight is 414 g/mol. The minimum absolute atomic E-state index is 0.158. The molecular formula is C28H31NO2. The molecule has 1 aliphatic heterocycles. The first-order chi connectivity index (χ1) is 15.3. The minimum atomic E-state index is -0.534. The lowest BCUT2D eigenvalue weighted by molar-refractivity contribution is -0.226. The van der Waals surface area contributed by atoms with Crippen LogP contribution in [0.15, 0.2) is 91.0 Å². The fourth-order valence-corrected chi connectivity index (χ4v) is 5.77. The van der Waals surface area contributed by atoms with Crippen LogP contribution in [0.25, 0.3) is 0 Å². The van der Waals surface area contributed by atoms with Gasteiger partial charge in [-0.15, -0.1) is 0 Å². The van der Waals surface area contributed by atoms with E-state index in [1.54, 1.807) is 0 Å². The van der Waals surface area contributed by atoms with Crippen LogP contribution >= 0.6 is 0 Å². The molecule has 1 saturated carbocycles. The monoisotopic (exact) mass is 413 g/mol. The van der Waals surface area contributed by atoms with Crippen LogP contribution < -0.4 is 5.32 Å². The summed E-state index contributed by atoms with van der Waals surface area (Å²) in [6.45, 7) is 3.02. The van der Waals surface area contributed by atoms with E-state index in [9.17, 15) is 0 Å². The van der Waals surface area contributed by atoms with Gasteiger partial charge in [-0.05, 0) is 29.5 Å². The molecule has 3 nitrogen and oxygen atoms in total. The van der Waals surface area contributed by atoms with E-state index in [1.807, 2.05) is 0 Å². The fraction of sp³-hybridized carbons (Fsp3) is 0.357. The summed E-state index contributed by atoms with van der Waals surface area (Å²) in [6.07, 6.45) is 3.12. The number of ether oxygens (including phenoxy) is 2. The molecule has 1 atom stereocenters. The summed E-state index contributed by atoms with van der Waals surface area (Å²) in [7, 11) is 0. The topological polar surface area (TPSA) is 30.5 Å². The van der Waals surface area contributed by atoms with Crippen LogP contribution in [0.2, 0.25) is 0 Å². The summed E-state index contributed by atoms with van der Waals surface area (Å²) in [5.41, 5.74) is 3.84. The highest BCUT2D eigenvalue weighted by Crippen LogP contribution is 2.54.